The summed E-state index contributed by atoms with van der Waals surface area (Å²) < 4.78 is 0. The molecule has 6 aromatic rings. The minimum Gasteiger partial charge on any atom is -0.0687 e. The molecule has 0 nitrogen and oxygen atoms in total. The summed E-state index contributed by atoms with van der Waals surface area (Å²) in [6.45, 7) is 0.618. The van der Waals surface area contributed by atoms with Gasteiger partial charge in [-0.2, -0.15) is 0 Å². The van der Waals surface area contributed by atoms with Crippen molar-refractivity contribution in [1.82, 2.24) is 0 Å². The third kappa shape index (κ3) is 6.41. The van der Waals surface area contributed by atoms with Crippen LogP contribution in [0.1, 0.15) is 0 Å². The van der Waals surface area contributed by atoms with Gasteiger partial charge in [0, 0.05) is 0 Å². The lowest BCUT2D eigenvalue weighted by atomic mass is 9.37. The fraction of sp³-hybridized carbons (Fsp3) is 0. The number of hydrogen-bond acceptors (Lipinski definition) is 0. The van der Waals surface area contributed by atoms with Crippen molar-refractivity contribution >= 4 is 46.2 Å². The van der Waals surface area contributed by atoms with Crippen molar-refractivity contribution in [2.75, 3.05) is 0 Å². The lowest BCUT2D eigenvalue weighted by Crippen LogP contribution is -2.51. The van der Waals surface area contributed by atoms with Gasteiger partial charge in [-0.25, -0.2) is 0 Å². The Hall–Kier alpha value is -4.55. The fourth-order valence-electron chi connectivity index (χ4n) is 5.03. The first kappa shape index (κ1) is 25.1. The Bertz CT molecular complexity index is 1170. The molecule has 0 saturated carbocycles. The van der Waals surface area contributed by atoms with E-state index >= 15 is 0 Å². The van der Waals surface area contributed by atoms with E-state index in [4.69, 9.17) is 0 Å². The van der Waals surface area contributed by atoms with Crippen molar-refractivity contribution in [3.05, 3.63) is 182 Å². The van der Waals surface area contributed by atoms with Gasteiger partial charge in [0.15, 0.2) is 0 Å². The van der Waals surface area contributed by atoms with Gasteiger partial charge in [0.2, 0.25) is 13.4 Å². The van der Waals surface area contributed by atoms with Crippen molar-refractivity contribution in [3.63, 3.8) is 0 Å². The van der Waals surface area contributed by atoms with Crippen molar-refractivity contribution in [2.45, 2.75) is 0 Å². The smallest absolute Gasteiger partial charge is 0.0687 e. The predicted molar refractivity (Wildman–Crippen MR) is 168 cm³/mol. The van der Waals surface area contributed by atoms with Gasteiger partial charge < -0.3 is 0 Å². The van der Waals surface area contributed by atoms with Crippen LogP contribution in [-0.2, 0) is 0 Å². The average Bonchev–Trinajstić information content (AvgIpc) is 3.01. The average molecular weight is 484 g/mol. The summed E-state index contributed by atoms with van der Waals surface area (Å²) in [7, 11) is 0. The summed E-state index contributed by atoms with van der Waals surface area (Å²) >= 11 is 0. The van der Waals surface area contributed by atoms with Gasteiger partial charge in [-0.05, 0) is 0 Å². The van der Waals surface area contributed by atoms with Gasteiger partial charge in [-0.15, -0.1) is 0 Å². The van der Waals surface area contributed by atoms with Gasteiger partial charge in [0.05, 0.1) is 0 Å². The van der Waals surface area contributed by atoms with Crippen molar-refractivity contribution < 1.29 is 0 Å². The summed E-state index contributed by atoms with van der Waals surface area (Å²) in [4.78, 5) is 0. The maximum atomic E-state index is 2.20. The van der Waals surface area contributed by atoms with Gasteiger partial charge in [-0.1, -0.05) is 215 Å². The van der Waals surface area contributed by atoms with E-state index in [1.807, 2.05) is 0 Å². The Morgan fingerprint density at radius 1 is 0.184 bits per heavy atom. The van der Waals surface area contributed by atoms with Crippen molar-refractivity contribution in [2.24, 2.45) is 0 Å². The molecule has 0 unspecified atom stereocenters. The van der Waals surface area contributed by atoms with E-state index in [2.05, 4.69) is 182 Å². The molecule has 38 heavy (non-hydrogen) atoms. The summed E-state index contributed by atoms with van der Waals surface area (Å²) in [6.07, 6.45) is 0. The summed E-state index contributed by atoms with van der Waals surface area (Å²) in [5.41, 5.74) is 8.00. The molecule has 0 radical (unpaired) electrons. The molecule has 0 aliphatic carbocycles. The molecule has 2 heteroatoms. The molecule has 0 N–H and O–H groups in total. The number of hydrogen-bond donors (Lipinski definition) is 0. The Morgan fingerprint density at radius 2 is 0.316 bits per heavy atom. The van der Waals surface area contributed by atoms with Crippen LogP contribution in [0.15, 0.2) is 182 Å². The normalized spacial score (nSPS) is 10.1. The van der Waals surface area contributed by atoms with Crippen LogP contribution in [0.2, 0.25) is 0 Å². The first-order valence-electron chi connectivity index (χ1n) is 13.2. The summed E-state index contributed by atoms with van der Waals surface area (Å²) in [5.74, 6) is 0. The summed E-state index contributed by atoms with van der Waals surface area (Å²) in [5, 5.41) is 0. The van der Waals surface area contributed by atoms with Crippen LogP contribution in [-0.4, -0.2) is 13.4 Å². The lowest BCUT2D eigenvalue weighted by molar-refractivity contribution is 1.71. The molecular weight excluding hydrogens is 454 g/mol. The van der Waals surface area contributed by atoms with E-state index in [0.29, 0.717) is 13.4 Å². The van der Waals surface area contributed by atoms with E-state index in [9.17, 15) is 0 Å². The molecule has 0 amide bonds. The Kier molecular flexibility index (Phi) is 8.67. The highest BCUT2D eigenvalue weighted by atomic mass is 14.0. The van der Waals surface area contributed by atoms with Crippen LogP contribution in [0.3, 0.4) is 0 Å². The van der Waals surface area contributed by atoms with E-state index in [-0.39, 0.29) is 0 Å². The van der Waals surface area contributed by atoms with Crippen LogP contribution in [0.25, 0.3) is 0 Å². The molecular formula is C36H30B2. The third-order valence-electron chi connectivity index (χ3n) is 6.80. The van der Waals surface area contributed by atoms with Crippen molar-refractivity contribution in [3.8, 4) is 0 Å². The number of benzene rings is 6. The second-order valence-electron chi connectivity index (χ2n) is 9.33. The second-order valence-corrected chi connectivity index (χ2v) is 9.33. The van der Waals surface area contributed by atoms with Crippen LogP contribution >= 0.6 is 0 Å². The highest BCUT2D eigenvalue weighted by molar-refractivity contribution is 6.96. The SMILES string of the molecule is c1ccc(B(c2ccccc2)c2ccccc2)cc1.c1ccc(B(c2ccccc2)c2ccccc2)cc1. The minimum absolute atomic E-state index is 0.309. The minimum atomic E-state index is 0.309. The second kappa shape index (κ2) is 13.1. The van der Waals surface area contributed by atoms with Gasteiger partial charge in [-0.3, -0.25) is 0 Å². The zero-order chi connectivity index (χ0) is 25.8. The molecule has 0 aliphatic heterocycles. The maximum Gasteiger partial charge on any atom is 0.241 e. The molecule has 0 fully saturated rings. The Morgan fingerprint density at radius 3 is 0.447 bits per heavy atom. The van der Waals surface area contributed by atoms with E-state index in [1.165, 1.54) is 32.8 Å². The molecule has 0 saturated heterocycles. The quantitative estimate of drug-likeness (QED) is 0.308. The zero-order valence-corrected chi connectivity index (χ0v) is 21.5. The molecule has 0 aliphatic rings. The van der Waals surface area contributed by atoms with E-state index < -0.39 is 0 Å². The van der Waals surface area contributed by atoms with Gasteiger partial charge in [0.25, 0.3) is 0 Å². The molecule has 6 rings (SSSR count). The van der Waals surface area contributed by atoms with E-state index in [1.54, 1.807) is 0 Å². The molecule has 6 aromatic carbocycles. The van der Waals surface area contributed by atoms with Crippen LogP contribution in [0.5, 0.6) is 0 Å². The van der Waals surface area contributed by atoms with E-state index in [0.717, 1.165) is 0 Å². The highest BCUT2D eigenvalue weighted by Gasteiger charge is 2.21. The van der Waals surface area contributed by atoms with Crippen LogP contribution in [0, 0.1) is 0 Å². The predicted octanol–water partition coefficient (Wildman–Crippen LogP) is 4.41. The Balaban J connectivity index is 0.000000155. The topological polar surface area (TPSA) is 0 Å². The fourth-order valence-corrected chi connectivity index (χ4v) is 5.03. The zero-order valence-electron chi connectivity index (χ0n) is 21.5. The molecule has 180 valence electrons. The summed E-state index contributed by atoms with van der Waals surface area (Å²) in [6, 6.07) is 64.0. The van der Waals surface area contributed by atoms with Gasteiger partial charge >= 0.3 is 0 Å². The third-order valence-corrected chi connectivity index (χ3v) is 6.80. The molecule has 0 aromatic heterocycles. The first-order chi connectivity index (χ1) is 18.9. The first-order valence-corrected chi connectivity index (χ1v) is 13.2. The van der Waals surface area contributed by atoms with Crippen LogP contribution < -0.4 is 32.8 Å². The van der Waals surface area contributed by atoms with Crippen LogP contribution in [0.4, 0.5) is 0 Å². The van der Waals surface area contributed by atoms with Gasteiger partial charge in [0.1, 0.15) is 0 Å². The standard InChI is InChI=1S/2C18H15B/c2*1-4-10-16(11-5-1)19(17-12-6-2-7-13-17)18-14-8-3-9-15-18/h2*1-15H. The molecule has 0 spiro atoms. The molecule has 0 atom stereocenters. The molecule has 0 heterocycles. The highest BCUT2D eigenvalue weighted by Crippen LogP contribution is 1.97. The Labute approximate surface area is 227 Å². The monoisotopic (exact) mass is 484 g/mol. The molecule has 0 bridgehead atoms. The largest absolute Gasteiger partial charge is 0.241 e. The maximum absolute atomic E-state index is 2.20. The number of rotatable bonds is 6. The lowest BCUT2D eigenvalue weighted by Gasteiger charge is -2.15. The van der Waals surface area contributed by atoms with Crippen molar-refractivity contribution in [1.29, 1.82) is 0 Å².